The maximum absolute atomic E-state index is 5.59. The van der Waals surface area contributed by atoms with Crippen LogP contribution in [-0.2, 0) is 7.05 Å². The summed E-state index contributed by atoms with van der Waals surface area (Å²) in [5.41, 5.74) is 0. The van der Waals surface area contributed by atoms with Crippen molar-refractivity contribution in [1.82, 2.24) is 9.55 Å². The summed E-state index contributed by atoms with van der Waals surface area (Å²) in [4.78, 5) is 6.19. The minimum atomic E-state index is 0.628. The third-order valence-corrected chi connectivity index (χ3v) is 1.73. The molecule has 11 heavy (non-hydrogen) atoms. The minimum Gasteiger partial charge on any atom is -0.344 e. The van der Waals surface area contributed by atoms with Crippen LogP contribution in [0.15, 0.2) is 12.4 Å². The monoisotopic (exact) mass is 173 g/mol. The van der Waals surface area contributed by atoms with Gasteiger partial charge in [-0.2, -0.15) is 0 Å². The van der Waals surface area contributed by atoms with E-state index in [1.54, 1.807) is 6.20 Å². The molecule has 0 bridgehead atoms. The van der Waals surface area contributed by atoms with Crippen LogP contribution in [0.3, 0.4) is 0 Å². The van der Waals surface area contributed by atoms with Crippen LogP contribution in [0.2, 0.25) is 0 Å². The third kappa shape index (κ3) is 1.87. The molecule has 0 unspecified atom stereocenters. The molecule has 0 saturated heterocycles. The largest absolute Gasteiger partial charge is 0.344 e. The molecule has 0 saturated carbocycles. The predicted molar refractivity (Wildman–Crippen MR) is 47.2 cm³/mol. The number of nitrogens with zero attached hydrogens (tertiary/aromatic N) is 3. The average Bonchev–Trinajstić information content (AvgIpc) is 2.36. The molecule has 0 fully saturated rings. The fourth-order valence-corrected chi connectivity index (χ4v) is 1.21. The molecule has 1 heterocycles. The lowest BCUT2D eigenvalue weighted by Gasteiger charge is -2.15. The van der Waals surface area contributed by atoms with Crippen molar-refractivity contribution in [3.05, 3.63) is 12.4 Å². The number of halogens is 1. The van der Waals surface area contributed by atoms with Gasteiger partial charge in [0.25, 0.3) is 0 Å². The molecule has 1 aromatic heterocycles. The van der Waals surface area contributed by atoms with E-state index in [0.29, 0.717) is 5.88 Å². The highest BCUT2D eigenvalue weighted by molar-refractivity contribution is 6.18. The first kappa shape index (κ1) is 8.40. The summed E-state index contributed by atoms with van der Waals surface area (Å²) in [6.07, 6.45) is 3.69. The smallest absolute Gasteiger partial charge is 0.204 e. The second kappa shape index (κ2) is 3.62. The van der Waals surface area contributed by atoms with E-state index in [0.717, 1.165) is 12.5 Å². The molecule has 0 N–H and O–H groups in total. The number of hydrogen-bond acceptors (Lipinski definition) is 2. The van der Waals surface area contributed by atoms with E-state index >= 15 is 0 Å². The van der Waals surface area contributed by atoms with Crippen molar-refractivity contribution in [2.75, 3.05) is 24.4 Å². The highest BCUT2D eigenvalue weighted by Crippen LogP contribution is 2.06. The van der Waals surface area contributed by atoms with Crippen molar-refractivity contribution in [3.8, 4) is 0 Å². The van der Waals surface area contributed by atoms with Crippen molar-refractivity contribution < 1.29 is 0 Å². The third-order valence-electron chi connectivity index (χ3n) is 1.56. The van der Waals surface area contributed by atoms with Crippen molar-refractivity contribution in [2.24, 2.45) is 7.05 Å². The molecule has 0 aromatic carbocycles. The summed E-state index contributed by atoms with van der Waals surface area (Å²) in [5.74, 6) is 1.58. The van der Waals surface area contributed by atoms with Crippen LogP contribution < -0.4 is 4.90 Å². The number of alkyl halides is 1. The zero-order valence-corrected chi connectivity index (χ0v) is 7.54. The highest BCUT2D eigenvalue weighted by atomic mass is 35.5. The van der Waals surface area contributed by atoms with Crippen LogP contribution in [0, 0.1) is 0 Å². The fourth-order valence-electron chi connectivity index (χ4n) is 0.952. The summed E-state index contributed by atoms with van der Waals surface area (Å²) in [6.45, 7) is 0.826. The zero-order chi connectivity index (χ0) is 8.27. The van der Waals surface area contributed by atoms with Crippen molar-refractivity contribution in [1.29, 1.82) is 0 Å². The summed E-state index contributed by atoms with van der Waals surface area (Å²) in [7, 11) is 3.94. The Bertz CT molecular complexity index is 221. The second-order valence-electron chi connectivity index (χ2n) is 2.45. The Balaban J connectivity index is 2.67. The Kier molecular flexibility index (Phi) is 2.76. The lowest BCUT2D eigenvalue weighted by atomic mass is 10.6. The zero-order valence-electron chi connectivity index (χ0n) is 6.79. The van der Waals surface area contributed by atoms with Gasteiger partial charge < -0.3 is 9.47 Å². The topological polar surface area (TPSA) is 21.1 Å². The van der Waals surface area contributed by atoms with E-state index in [9.17, 15) is 0 Å². The fraction of sp³-hybridized carbons (Fsp3) is 0.571. The lowest BCUT2D eigenvalue weighted by molar-refractivity contribution is 0.828. The number of aromatic nitrogens is 2. The predicted octanol–water partition coefficient (Wildman–Crippen LogP) is 1.10. The molecule has 0 aliphatic rings. The molecule has 1 aromatic rings. The van der Waals surface area contributed by atoms with E-state index in [-0.39, 0.29) is 0 Å². The maximum atomic E-state index is 5.59. The molecule has 62 valence electrons. The maximum Gasteiger partial charge on any atom is 0.204 e. The SMILES string of the molecule is CN(CCCl)c1nccn1C. The Morgan fingerprint density at radius 2 is 2.45 bits per heavy atom. The standard InChI is InChI=1S/C7H12ClN3/c1-10(5-3-8)7-9-4-6-11(7)2/h4,6H,3,5H2,1-2H3. The molecule has 0 radical (unpaired) electrons. The number of aryl methyl sites for hydroxylation is 1. The van der Waals surface area contributed by atoms with Crippen molar-refractivity contribution >= 4 is 17.5 Å². The number of anilines is 1. The molecule has 0 spiro atoms. The van der Waals surface area contributed by atoms with E-state index in [4.69, 9.17) is 11.6 Å². The first-order valence-electron chi connectivity index (χ1n) is 3.50. The van der Waals surface area contributed by atoms with Gasteiger partial charge in [0.2, 0.25) is 5.95 Å². The molecular weight excluding hydrogens is 162 g/mol. The van der Waals surface area contributed by atoms with E-state index in [2.05, 4.69) is 4.98 Å². The van der Waals surface area contributed by atoms with Crippen molar-refractivity contribution in [2.45, 2.75) is 0 Å². The number of hydrogen-bond donors (Lipinski definition) is 0. The Morgan fingerprint density at radius 3 is 2.91 bits per heavy atom. The van der Waals surface area contributed by atoms with Crippen LogP contribution in [-0.4, -0.2) is 29.0 Å². The summed E-state index contributed by atoms with van der Waals surface area (Å²) in [6, 6.07) is 0. The lowest BCUT2D eigenvalue weighted by Crippen LogP contribution is -2.22. The molecule has 0 atom stereocenters. The van der Waals surface area contributed by atoms with Crippen molar-refractivity contribution in [3.63, 3.8) is 0 Å². The molecule has 0 aliphatic heterocycles. The Morgan fingerprint density at radius 1 is 1.73 bits per heavy atom. The van der Waals surface area contributed by atoms with Gasteiger partial charge >= 0.3 is 0 Å². The number of rotatable bonds is 3. The Labute approximate surface area is 71.6 Å². The summed E-state index contributed by atoms with van der Waals surface area (Å²) < 4.78 is 1.96. The molecular formula is C7H12ClN3. The van der Waals surface area contributed by atoms with Crippen LogP contribution in [0.25, 0.3) is 0 Å². The van der Waals surface area contributed by atoms with Gasteiger partial charge in [0, 0.05) is 38.9 Å². The molecule has 0 amide bonds. The molecule has 4 heteroatoms. The van der Waals surface area contributed by atoms with Gasteiger partial charge in [-0.3, -0.25) is 0 Å². The molecule has 0 aliphatic carbocycles. The van der Waals surface area contributed by atoms with Gasteiger partial charge in [-0.1, -0.05) is 0 Å². The van der Waals surface area contributed by atoms with E-state index in [1.165, 1.54) is 0 Å². The van der Waals surface area contributed by atoms with Gasteiger partial charge in [-0.05, 0) is 0 Å². The van der Waals surface area contributed by atoms with E-state index < -0.39 is 0 Å². The summed E-state index contributed by atoms with van der Waals surface area (Å²) in [5, 5.41) is 0. The average molecular weight is 174 g/mol. The van der Waals surface area contributed by atoms with E-state index in [1.807, 2.05) is 29.8 Å². The van der Waals surface area contributed by atoms with Gasteiger partial charge in [-0.25, -0.2) is 4.98 Å². The second-order valence-corrected chi connectivity index (χ2v) is 2.83. The normalized spacial score (nSPS) is 10.1. The first-order chi connectivity index (χ1) is 5.25. The first-order valence-corrected chi connectivity index (χ1v) is 4.03. The molecule has 3 nitrogen and oxygen atoms in total. The quantitative estimate of drug-likeness (QED) is 0.639. The minimum absolute atomic E-state index is 0.628. The highest BCUT2D eigenvalue weighted by Gasteiger charge is 2.03. The van der Waals surface area contributed by atoms with Crippen LogP contribution in [0.5, 0.6) is 0 Å². The van der Waals surface area contributed by atoms with Crippen LogP contribution in [0.1, 0.15) is 0 Å². The molecule has 1 rings (SSSR count). The Hall–Kier alpha value is -0.700. The van der Waals surface area contributed by atoms with Gasteiger partial charge in [0.1, 0.15) is 0 Å². The summed E-state index contributed by atoms with van der Waals surface area (Å²) >= 11 is 5.59. The van der Waals surface area contributed by atoms with Gasteiger partial charge in [-0.15, -0.1) is 11.6 Å². The van der Waals surface area contributed by atoms with Gasteiger partial charge in [0.15, 0.2) is 0 Å². The number of imidazole rings is 1. The van der Waals surface area contributed by atoms with Crippen LogP contribution in [0.4, 0.5) is 5.95 Å². The van der Waals surface area contributed by atoms with Gasteiger partial charge in [0.05, 0.1) is 0 Å². The van der Waals surface area contributed by atoms with Crippen LogP contribution >= 0.6 is 11.6 Å².